The fourth-order valence-electron chi connectivity index (χ4n) is 2.60. The Bertz CT molecular complexity index is 842. The molecule has 0 fully saturated rings. The quantitative estimate of drug-likeness (QED) is 0.748. The number of amides is 1. The minimum Gasteiger partial charge on any atom is -0.496 e. The molecule has 0 unspecified atom stereocenters. The minimum atomic E-state index is -0.191. The van der Waals surface area contributed by atoms with E-state index in [0.717, 1.165) is 11.9 Å². The fourth-order valence-corrected chi connectivity index (χ4v) is 2.77. The van der Waals surface area contributed by atoms with Gasteiger partial charge in [0.25, 0.3) is 5.91 Å². The number of hydrogen-bond donors (Lipinski definition) is 2. The Kier molecular flexibility index (Phi) is 4.53. The first-order chi connectivity index (χ1) is 11.2. The minimum absolute atomic E-state index is 0.191. The lowest BCUT2D eigenvalue weighted by Crippen LogP contribution is -2.26. The number of benzene rings is 2. The number of nitrogens with one attached hydrogen (secondary N) is 2. The van der Waals surface area contributed by atoms with Crippen molar-refractivity contribution in [1.82, 2.24) is 10.3 Å². The first kappa shape index (κ1) is 15.4. The predicted octanol–water partition coefficient (Wildman–Crippen LogP) is 3.80. The molecule has 5 heteroatoms. The lowest BCUT2D eigenvalue weighted by atomic mass is 10.1. The number of halogens is 1. The summed E-state index contributed by atoms with van der Waals surface area (Å²) in [4.78, 5) is 15.5. The molecule has 0 saturated carbocycles. The van der Waals surface area contributed by atoms with Crippen LogP contribution in [-0.4, -0.2) is 24.5 Å². The predicted molar refractivity (Wildman–Crippen MR) is 92.3 cm³/mol. The van der Waals surface area contributed by atoms with E-state index in [2.05, 4.69) is 16.4 Å². The van der Waals surface area contributed by atoms with Crippen LogP contribution in [0.5, 0.6) is 5.75 Å². The van der Waals surface area contributed by atoms with Crippen LogP contribution in [0.2, 0.25) is 5.02 Å². The summed E-state index contributed by atoms with van der Waals surface area (Å²) in [6, 6.07) is 13.1. The highest BCUT2D eigenvalue weighted by molar-refractivity contribution is 6.31. The molecule has 2 N–H and O–H groups in total. The fraction of sp³-hybridized carbons (Fsp3) is 0.167. The Hall–Kier alpha value is -2.46. The zero-order valence-electron chi connectivity index (χ0n) is 12.7. The van der Waals surface area contributed by atoms with Crippen molar-refractivity contribution in [3.05, 3.63) is 64.8 Å². The van der Waals surface area contributed by atoms with E-state index < -0.39 is 0 Å². The molecule has 23 heavy (non-hydrogen) atoms. The number of carbonyl (C=O) groups excluding carboxylic acids is 1. The molecular weight excluding hydrogens is 312 g/mol. The Labute approximate surface area is 139 Å². The number of ether oxygens (including phenoxy) is 1. The van der Waals surface area contributed by atoms with Gasteiger partial charge in [0.1, 0.15) is 5.75 Å². The lowest BCUT2D eigenvalue weighted by Gasteiger charge is -2.09. The Balaban J connectivity index is 1.67. The number of aromatic amines is 1. The number of aromatic nitrogens is 1. The van der Waals surface area contributed by atoms with E-state index in [4.69, 9.17) is 16.3 Å². The van der Waals surface area contributed by atoms with E-state index in [1.54, 1.807) is 18.2 Å². The summed E-state index contributed by atoms with van der Waals surface area (Å²) in [7, 11) is 1.53. The first-order valence-corrected chi connectivity index (χ1v) is 7.73. The molecule has 0 spiro atoms. The number of H-pyrrole nitrogens is 1. The number of rotatable bonds is 5. The average molecular weight is 329 g/mol. The van der Waals surface area contributed by atoms with Gasteiger partial charge in [-0.1, -0.05) is 29.8 Å². The van der Waals surface area contributed by atoms with Crippen LogP contribution < -0.4 is 10.1 Å². The van der Waals surface area contributed by atoms with Crippen molar-refractivity contribution in [3.63, 3.8) is 0 Å². The summed E-state index contributed by atoms with van der Waals surface area (Å²) < 4.78 is 5.21. The smallest absolute Gasteiger partial charge is 0.255 e. The summed E-state index contributed by atoms with van der Waals surface area (Å²) >= 11 is 5.96. The van der Waals surface area contributed by atoms with Crippen molar-refractivity contribution >= 4 is 28.4 Å². The normalized spacial score (nSPS) is 10.7. The molecule has 0 atom stereocenters. The third-order valence-electron chi connectivity index (χ3n) is 3.76. The molecule has 4 nitrogen and oxygen atoms in total. The lowest BCUT2D eigenvalue weighted by molar-refractivity contribution is 0.0951. The van der Waals surface area contributed by atoms with E-state index >= 15 is 0 Å². The number of fused-ring (bicyclic) bond motifs is 1. The summed E-state index contributed by atoms with van der Waals surface area (Å²) in [5.74, 6) is 0.322. The van der Waals surface area contributed by atoms with Gasteiger partial charge in [-0.2, -0.15) is 0 Å². The Morgan fingerprint density at radius 3 is 2.91 bits per heavy atom. The van der Waals surface area contributed by atoms with Gasteiger partial charge in [0.15, 0.2) is 0 Å². The molecule has 0 aliphatic heterocycles. The summed E-state index contributed by atoms with van der Waals surface area (Å²) in [5, 5.41) is 4.60. The standard InChI is InChI=1S/C18H17ClN2O2/c1-23-17-7-6-13(19)10-15(17)18(22)20-9-8-12-11-21-16-5-3-2-4-14(12)16/h2-7,10-11,21H,8-9H2,1H3,(H,20,22). The largest absolute Gasteiger partial charge is 0.496 e. The highest BCUT2D eigenvalue weighted by Gasteiger charge is 2.12. The van der Waals surface area contributed by atoms with Crippen LogP contribution in [0.25, 0.3) is 10.9 Å². The summed E-state index contributed by atoms with van der Waals surface area (Å²) in [5.41, 5.74) is 2.73. The van der Waals surface area contributed by atoms with E-state index in [9.17, 15) is 4.79 Å². The molecule has 0 aliphatic rings. The van der Waals surface area contributed by atoms with Gasteiger partial charge in [-0.3, -0.25) is 4.79 Å². The number of methoxy groups -OCH3 is 1. The first-order valence-electron chi connectivity index (χ1n) is 7.36. The van der Waals surface area contributed by atoms with Gasteiger partial charge in [0, 0.05) is 28.7 Å². The molecule has 1 amide bonds. The number of carbonyl (C=O) groups is 1. The molecule has 0 bridgehead atoms. The van der Waals surface area contributed by atoms with Crippen molar-refractivity contribution in [2.45, 2.75) is 6.42 Å². The second-order valence-corrected chi connectivity index (χ2v) is 5.65. The van der Waals surface area contributed by atoms with Crippen LogP contribution in [0.3, 0.4) is 0 Å². The third-order valence-corrected chi connectivity index (χ3v) is 4.00. The van der Waals surface area contributed by atoms with Gasteiger partial charge >= 0.3 is 0 Å². The Morgan fingerprint density at radius 1 is 1.26 bits per heavy atom. The van der Waals surface area contributed by atoms with Gasteiger partial charge in [-0.15, -0.1) is 0 Å². The SMILES string of the molecule is COc1ccc(Cl)cc1C(=O)NCCc1c[nH]c2ccccc12. The molecule has 0 radical (unpaired) electrons. The maximum absolute atomic E-state index is 12.3. The second kappa shape index (κ2) is 6.75. The number of para-hydroxylation sites is 1. The molecule has 3 aromatic rings. The topological polar surface area (TPSA) is 54.1 Å². The highest BCUT2D eigenvalue weighted by atomic mass is 35.5. The third kappa shape index (κ3) is 3.32. The van der Waals surface area contributed by atoms with Crippen LogP contribution in [0, 0.1) is 0 Å². The van der Waals surface area contributed by atoms with Crippen LogP contribution in [0.4, 0.5) is 0 Å². The van der Waals surface area contributed by atoms with Gasteiger partial charge < -0.3 is 15.0 Å². The van der Waals surface area contributed by atoms with Crippen LogP contribution >= 0.6 is 11.6 Å². The van der Waals surface area contributed by atoms with Crippen LogP contribution in [0.15, 0.2) is 48.7 Å². The van der Waals surface area contributed by atoms with Gasteiger partial charge in [0.2, 0.25) is 0 Å². The van der Waals surface area contributed by atoms with E-state index in [-0.39, 0.29) is 5.91 Å². The maximum atomic E-state index is 12.3. The molecule has 3 rings (SSSR count). The van der Waals surface area contributed by atoms with Gasteiger partial charge in [-0.25, -0.2) is 0 Å². The van der Waals surface area contributed by atoms with Crippen molar-refractivity contribution in [2.24, 2.45) is 0 Å². The molecule has 2 aromatic carbocycles. The molecular formula is C18H17ClN2O2. The molecule has 1 aromatic heterocycles. The van der Waals surface area contributed by atoms with E-state index in [1.165, 1.54) is 18.1 Å². The van der Waals surface area contributed by atoms with Crippen molar-refractivity contribution in [2.75, 3.05) is 13.7 Å². The molecule has 118 valence electrons. The van der Waals surface area contributed by atoms with Gasteiger partial charge in [0.05, 0.1) is 12.7 Å². The summed E-state index contributed by atoms with van der Waals surface area (Å²) in [6.45, 7) is 0.538. The zero-order chi connectivity index (χ0) is 16.2. The Morgan fingerprint density at radius 2 is 2.09 bits per heavy atom. The van der Waals surface area contributed by atoms with Crippen molar-refractivity contribution in [3.8, 4) is 5.75 Å². The molecule has 0 saturated heterocycles. The summed E-state index contributed by atoms with van der Waals surface area (Å²) in [6.07, 6.45) is 2.73. The van der Waals surface area contributed by atoms with Crippen molar-refractivity contribution < 1.29 is 9.53 Å². The molecule has 0 aliphatic carbocycles. The van der Waals surface area contributed by atoms with Crippen molar-refractivity contribution in [1.29, 1.82) is 0 Å². The van der Waals surface area contributed by atoms with E-state index in [0.29, 0.717) is 22.9 Å². The van der Waals surface area contributed by atoms with Crippen LogP contribution in [0.1, 0.15) is 15.9 Å². The average Bonchev–Trinajstić information content (AvgIpc) is 2.98. The molecule has 1 heterocycles. The number of hydrogen-bond acceptors (Lipinski definition) is 2. The maximum Gasteiger partial charge on any atom is 0.255 e. The monoisotopic (exact) mass is 328 g/mol. The van der Waals surface area contributed by atoms with E-state index in [1.807, 2.05) is 24.4 Å². The van der Waals surface area contributed by atoms with Crippen LogP contribution in [-0.2, 0) is 6.42 Å². The zero-order valence-corrected chi connectivity index (χ0v) is 13.5. The van der Waals surface area contributed by atoms with Gasteiger partial charge in [-0.05, 0) is 36.2 Å². The second-order valence-electron chi connectivity index (χ2n) is 5.21. The highest BCUT2D eigenvalue weighted by Crippen LogP contribution is 2.22.